The highest BCUT2D eigenvalue weighted by atomic mass is 19.4. The van der Waals surface area contributed by atoms with Gasteiger partial charge in [0.1, 0.15) is 0 Å². The fraction of sp³-hybridized carbons (Fsp3) is 0.455. The summed E-state index contributed by atoms with van der Waals surface area (Å²) >= 11 is 0. The standard InChI is InChI=1S/C22H24F3N/c1-26(2)12-11-18-14-21(18)19-6-4-3-5-15(19)7-8-16-9-10-17(13-20(16)21)22(23,24)25/h3-6,9-10,13,18H,7-8,11-12,14H2,1-2H3. The molecule has 2 unspecified atom stereocenters. The molecule has 0 heterocycles. The molecule has 1 saturated carbocycles. The summed E-state index contributed by atoms with van der Waals surface area (Å²) in [6, 6.07) is 12.8. The first-order valence-corrected chi connectivity index (χ1v) is 9.26. The van der Waals surface area contributed by atoms with Crippen LogP contribution in [0, 0.1) is 5.92 Å². The van der Waals surface area contributed by atoms with Crippen molar-refractivity contribution in [1.82, 2.24) is 4.90 Å². The molecule has 4 rings (SSSR count). The summed E-state index contributed by atoms with van der Waals surface area (Å²) in [6.45, 7) is 0.961. The summed E-state index contributed by atoms with van der Waals surface area (Å²) in [7, 11) is 4.09. The number of nitrogens with zero attached hydrogens (tertiary/aromatic N) is 1. The Morgan fingerprint density at radius 1 is 1.00 bits per heavy atom. The first-order valence-electron chi connectivity index (χ1n) is 9.26. The van der Waals surface area contributed by atoms with Gasteiger partial charge in [0.15, 0.2) is 0 Å². The highest BCUT2D eigenvalue weighted by Gasteiger charge is 2.58. The minimum atomic E-state index is -4.30. The molecule has 0 N–H and O–H groups in total. The van der Waals surface area contributed by atoms with Gasteiger partial charge in [0.05, 0.1) is 5.56 Å². The Hall–Kier alpha value is -1.81. The van der Waals surface area contributed by atoms with Crippen LogP contribution in [0.15, 0.2) is 42.5 Å². The van der Waals surface area contributed by atoms with Crippen LogP contribution in [-0.2, 0) is 24.4 Å². The summed E-state index contributed by atoms with van der Waals surface area (Å²) < 4.78 is 40.1. The molecule has 0 aromatic heterocycles. The minimum Gasteiger partial charge on any atom is -0.309 e. The van der Waals surface area contributed by atoms with E-state index in [-0.39, 0.29) is 5.41 Å². The van der Waals surface area contributed by atoms with Gasteiger partial charge in [-0.2, -0.15) is 13.2 Å². The molecule has 0 saturated heterocycles. The maximum atomic E-state index is 13.4. The van der Waals surface area contributed by atoms with Crippen LogP contribution >= 0.6 is 0 Å². The van der Waals surface area contributed by atoms with Crippen LogP contribution in [0.4, 0.5) is 13.2 Å². The monoisotopic (exact) mass is 359 g/mol. The van der Waals surface area contributed by atoms with Gasteiger partial charge in [-0.1, -0.05) is 30.3 Å². The van der Waals surface area contributed by atoms with E-state index < -0.39 is 11.7 Å². The van der Waals surface area contributed by atoms with Crippen molar-refractivity contribution in [1.29, 1.82) is 0 Å². The van der Waals surface area contributed by atoms with E-state index in [2.05, 4.69) is 17.0 Å². The van der Waals surface area contributed by atoms with Crippen LogP contribution in [0.5, 0.6) is 0 Å². The summed E-state index contributed by atoms with van der Waals surface area (Å²) in [6.07, 6.45) is -0.622. The van der Waals surface area contributed by atoms with Gasteiger partial charge in [0.25, 0.3) is 0 Å². The van der Waals surface area contributed by atoms with E-state index in [0.717, 1.165) is 43.4 Å². The molecular formula is C22H24F3N. The van der Waals surface area contributed by atoms with Gasteiger partial charge in [0, 0.05) is 5.41 Å². The summed E-state index contributed by atoms with van der Waals surface area (Å²) in [5.74, 6) is 0.409. The Labute approximate surface area is 152 Å². The number of benzene rings is 2. The number of fused-ring (bicyclic) bond motifs is 4. The average molecular weight is 359 g/mol. The maximum absolute atomic E-state index is 13.4. The molecule has 0 radical (unpaired) electrons. The second-order valence-electron chi connectivity index (χ2n) is 7.99. The lowest BCUT2D eigenvalue weighted by atomic mass is 9.81. The Morgan fingerprint density at radius 2 is 1.69 bits per heavy atom. The fourth-order valence-electron chi connectivity index (χ4n) is 4.73. The first kappa shape index (κ1) is 17.6. The van der Waals surface area contributed by atoms with Gasteiger partial charge in [-0.3, -0.25) is 0 Å². The third-order valence-electron chi connectivity index (χ3n) is 6.11. The number of hydrogen-bond donors (Lipinski definition) is 0. The van der Waals surface area contributed by atoms with E-state index in [4.69, 9.17) is 0 Å². The molecule has 0 amide bonds. The van der Waals surface area contributed by atoms with Crippen LogP contribution in [0.2, 0.25) is 0 Å². The summed E-state index contributed by atoms with van der Waals surface area (Å²) in [5, 5.41) is 0. The van der Waals surface area contributed by atoms with Crippen molar-refractivity contribution >= 4 is 0 Å². The summed E-state index contributed by atoms with van der Waals surface area (Å²) in [4.78, 5) is 2.15. The first-order chi connectivity index (χ1) is 12.3. The van der Waals surface area contributed by atoms with E-state index >= 15 is 0 Å². The van der Waals surface area contributed by atoms with E-state index in [1.54, 1.807) is 6.07 Å². The quantitative estimate of drug-likeness (QED) is 0.740. The Balaban J connectivity index is 1.84. The lowest BCUT2D eigenvalue weighted by molar-refractivity contribution is -0.137. The van der Waals surface area contributed by atoms with Gasteiger partial charge in [-0.05, 0) is 86.6 Å². The molecule has 1 spiro atoms. The zero-order chi connectivity index (χ0) is 18.5. The minimum absolute atomic E-state index is 0.236. The van der Waals surface area contributed by atoms with Crippen LogP contribution < -0.4 is 0 Å². The van der Waals surface area contributed by atoms with Crippen LogP contribution in [0.3, 0.4) is 0 Å². The van der Waals surface area contributed by atoms with Crippen molar-refractivity contribution in [2.45, 2.75) is 37.3 Å². The maximum Gasteiger partial charge on any atom is 0.416 e. The molecule has 1 fully saturated rings. The smallest absolute Gasteiger partial charge is 0.309 e. The number of alkyl halides is 3. The molecule has 2 atom stereocenters. The number of hydrogen-bond acceptors (Lipinski definition) is 1. The highest BCUT2D eigenvalue weighted by molar-refractivity contribution is 5.56. The number of aryl methyl sites for hydroxylation is 2. The second kappa shape index (κ2) is 6.12. The largest absolute Gasteiger partial charge is 0.416 e. The van der Waals surface area contributed by atoms with Gasteiger partial charge in [-0.15, -0.1) is 0 Å². The Kier molecular flexibility index (Phi) is 4.14. The van der Waals surface area contributed by atoms with E-state index in [9.17, 15) is 13.2 Å². The molecule has 138 valence electrons. The van der Waals surface area contributed by atoms with E-state index in [1.165, 1.54) is 23.3 Å². The average Bonchev–Trinajstić information content (AvgIpc) is 3.34. The zero-order valence-electron chi connectivity index (χ0n) is 15.2. The van der Waals surface area contributed by atoms with Gasteiger partial charge in [-0.25, -0.2) is 0 Å². The molecule has 1 nitrogen and oxygen atoms in total. The highest BCUT2D eigenvalue weighted by Crippen LogP contribution is 2.63. The normalized spacial score (nSPS) is 24.3. The number of halogens is 3. The predicted molar refractivity (Wildman–Crippen MR) is 97.4 cm³/mol. The molecule has 2 aliphatic carbocycles. The lowest BCUT2D eigenvalue weighted by Gasteiger charge is -2.23. The molecule has 26 heavy (non-hydrogen) atoms. The van der Waals surface area contributed by atoms with Crippen LogP contribution in [0.25, 0.3) is 0 Å². The molecule has 0 bridgehead atoms. The summed E-state index contributed by atoms with van der Waals surface area (Å²) in [5.41, 5.74) is 3.79. The van der Waals surface area contributed by atoms with Crippen molar-refractivity contribution in [3.8, 4) is 0 Å². The molecule has 2 aromatic rings. The lowest BCUT2D eigenvalue weighted by Crippen LogP contribution is -2.19. The van der Waals surface area contributed by atoms with Crippen LogP contribution in [0.1, 0.15) is 40.7 Å². The number of rotatable bonds is 3. The van der Waals surface area contributed by atoms with E-state index in [0.29, 0.717) is 5.92 Å². The molecular weight excluding hydrogens is 335 g/mol. The Morgan fingerprint density at radius 3 is 2.38 bits per heavy atom. The molecule has 4 heteroatoms. The van der Waals surface area contributed by atoms with Gasteiger partial charge < -0.3 is 4.90 Å². The zero-order valence-corrected chi connectivity index (χ0v) is 15.2. The molecule has 2 aliphatic rings. The van der Waals surface area contributed by atoms with Crippen molar-refractivity contribution < 1.29 is 13.2 Å². The topological polar surface area (TPSA) is 3.24 Å². The second-order valence-corrected chi connectivity index (χ2v) is 7.99. The van der Waals surface area contributed by atoms with Gasteiger partial charge in [0.2, 0.25) is 0 Å². The molecule has 2 aromatic carbocycles. The van der Waals surface area contributed by atoms with Crippen molar-refractivity contribution in [3.05, 3.63) is 70.3 Å². The van der Waals surface area contributed by atoms with Crippen molar-refractivity contribution in [3.63, 3.8) is 0 Å². The van der Waals surface area contributed by atoms with E-state index in [1.807, 2.05) is 26.2 Å². The van der Waals surface area contributed by atoms with Crippen molar-refractivity contribution in [2.75, 3.05) is 20.6 Å². The van der Waals surface area contributed by atoms with Crippen molar-refractivity contribution in [2.24, 2.45) is 5.92 Å². The Bertz CT molecular complexity index is 824. The SMILES string of the molecule is CN(C)CCC1CC12c1ccccc1CCc1ccc(C(F)(F)F)cc12. The third kappa shape index (κ3) is 2.84. The van der Waals surface area contributed by atoms with Gasteiger partial charge >= 0.3 is 6.18 Å². The predicted octanol–water partition coefficient (Wildman–Crippen LogP) is 5.06. The fourth-order valence-corrected chi connectivity index (χ4v) is 4.73. The molecule has 0 aliphatic heterocycles. The third-order valence-corrected chi connectivity index (χ3v) is 6.11. The van der Waals surface area contributed by atoms with Crippen LogP contribution in [-0.4, -0.2) is 25.5 Å².